The van der Waals surface area contributed by atoms with Gasteiger partial charge < -0.3 is 0 Å². The maximum atomic E-state index is 7.42. The molecule has 0 radical (unpaired) electrons. The summed E-state index contributed by atoms with van der Waals surface area (Å²) in [5, 5.41) is 0. The van der Waals surface area contributed by atoms with E-state index < -0.39 is 19.3 Å². The third-order valence-electron chi connectivity index (χ3n) is 0.497. The number of pyridine rings is 1. The first-order chi connectivity index (χ1) is 6.00. The quantitative estimate of drug-likeness (QED) is 0.534. The van der Waals surface area contributed by atoms with E-state index >= 15 is 0 Å². The molecule has 1 aromatic rings. The first-order valence-corrected chi connectivity index (χ1v) is 7.56. The van der Waals surface area contributed by atoms with Crippen molar-refractivity contribution < 1.29 is 28.9 Å². The van der Waals surface area contributed by atoms with Crippen molar-refractivity contribution in [3.8, 4) is 0 Å². The van der Waals surface area contributed by atoms with Gasteiger partial charge in [0.2, 0.25) is 0 Å². The van der Waals surface area contributed by atoms with Gasteiger partial charge in [-0.25, -0.2) is 0 Å². The molecule has 0 fully saturated rings. The molecule has 3 heteroatoms. The molecule has 0 saturated heterocycles. The third kappa shape index (κ3) is 1.70. The Bertz CT molecular complexity index is 328. The number of rotatable bonds is 1. The predicted molar refractivity (Wildman–Crippen MR) is 31.0 cm³/mol. The van der Waals surface area contributed by atoms with Gasteiger partial charge in [-0.3, -0.25) is 0 Å². The van der Waals surface area contributed by atoms with Crippen LogP contribution in [0.15, 0.2) is 30.5 Å². The molecule has 1 heterocycles. The van der Waals surface area contributed by atoms with Crippen molar-refractivity contribution in [2.24, 2.45) is 0 Å². The van der Waals surface area contributed by atoms with E-state index in [9.17, 15) is 0 Å². The third-order valence-corrected chi connectivity index (χ3v) is 3.14. The Hall–Kier alpha value is 0.360. The Morgan fingerprint density at radius 3 is 2.50 bits per heavy atom. The molecule has 1 rings (SSSR count). The van der Waals surface area contributed by atoms with E-state index in [2.05, 4.69) is 12.7 Å². The number of hydrogen-bond acceptors (Lipinski definition) is 0. The first-order valence-electron chi connectivity index (χ1n) is 4.26. The molecule has 0 saturated carbocycles. The van der Waals surface area contributed by atoms with Crippen LogP contribution < -0.4 is 22.0 Å². The van der Waals surface area contributed by atoms with Crippen LogP contribution in [0.4, 0.5) is 0 Å². The standard InChI is InChI=1S/C5H5BrIN/c6-7-8-4-2-1-3-5-8/h1-5H/i1D,2D,3D,4D,5D. The molecular formula is C5H5BrIN. The van der Waals surface area contributed by atoms with Crippen LogP contribution in [-0.4, -0.2) is 0 Å². The first kappa shape index (κ1) is 2.54. The summed E-state index contributed by atoms with van der Waals surface area (Å²) in [6, 6.07) is -0.934. The van der Waals surface area contributed by atoms with Gasteiger partial charge in [0, 0.05) is 0 Å². The van der Waals surface area contributed by atoms with Gasteiger partial charge in [-0.15, -0.1) is 0 Å². The van der Waals surface area contributed by atoms with Crippen LogP contribution >= 0.6 is 12.7 Å². The van der Waals surface area contributed by atoms with Gasteiger partial charge in [-0.05, 0) is 0 Å². The summed E-state index contributed by atoms with van der Waals surface area (Å²) in [4.78, 5) is 0. The minimum atomic E-state index is -0.750. The fourth-order valence-electron chi connectivity index (χ4n) is 0.245. The van der Waals surface area contributed by atoms with Crippen LogP contribution in [0, 0.1) is 0 Å². The van der Waals surface area contributed by atoms with Crippen LogP contribution in [-0.2, 0) is 0 Å². The predicted octanol–water partition coefficient (Wildman–Crippen LogP) is -1.86. The van der Waals surface area contributed by atoms with E-state index in [0.717, 1.165) is 0 Å². The number of hydrogen-bond donors (Lipinski definition) is 0. The summed E-state index contributed by atoms with van der Waals surface area (Å²) in [6.07, 6.45) is -0.341. The molecule has 0 spiro atoms. The molecule has 0 aliphatic carbocycles. The fraction of sp³-hybridized carbons (Fsp3) is 0. The number of halogens is 2. The number of aromatic nitrogens is 1. The topological polar surface area (TPSA) is 3.88 Å². The average molecular weight is 291 g/mol. The SMILES string of the molecule is [2H]c1c([2H])c([2H])[n+]([I-]Br)c([2H])c1[2H]. The van der Waals surface area contributed by atoms with E-state index in [0.29, 0.717) is 0 Å². The summed E-state index contributed by atoms with van der Waals surface area (Å²) in [5.74, 6) is 0. The minimum absolute atomic E-state index is 0.171. The zero-order chi connectivity index (χ0) is 10.2. The Kier molecular flexibility index (Phi) is 1.08. The van der Waals surface area contributed by atoms with Gasteiger partial charge >= 0.3 is 72.1 Å². The van der Waals surface area contributed by atoms with Gasteiger partial charge in [0.25, 0.3) is 0 Å². The Labute approximate surface area is 72.1 Å². The zero-order valence-electron chi connectivity index (χ0n) is 8.70. The van der Waals surface area contributed by atoms with Gasteiger partial charge in [-0.2, -0.15) is 0 Å². The second kappa shape index (κ2) is 3.40. The maximum absolute atomic E-state index is 7.42. The summed E-state index contributed by atoms with van der Waals surface area (Å²) in [5.41, 5.74) is 0. The van der Waals surface area contributed by atoms with Gasteiger partial charge in [0.15, 0.2) is 0 Å². The van der Waals surface area contributed by atoms with Crippen molar-refractivity contribution in [1.29, 1.82) is 0 Å². The van der Waals surface area contributed by atoms with E-state index in [-0.39, 0.29) is 30.5 Å². The van der Waals surface area contributed by atoms with Crippen LogP contribution in [0.2, 0.25) is 0 Å². The molecule has 0 N–H and O–H groups in total. The summed E-state index contributed by atoms with van der Waals surface area (Å²) < 4.78 is 38.0. The number of nitrogens with zero attached hydrogens (tertiary/aromatic N) is 1. The molecule has 0 aromatic carbocycles. The summed E-state index contributed by atoms with van der Waals surface area (Å²) in [7, 11) is 0. The van der Waals surface area contributed by atoms with Crippen molar-refractivity contribution in [3.63, 3.8) is 0 Å². The molecule has 0 aliphatic heterocycles. The average Bonchev–Trinajstić information content (AvgIpc) is 2.13. The van der Waals surface area contributed by atoms with Crippen molar-refractivity contribution >= 4 is 12.7 Å². The zero-order valence-corrected chi connectivity index (χ0v) is 7.45. The van der Waals surface area contributed by atoms with Crippen LogP contribution in [0.5, 0.6) is 0 Å². The van der Waals surface area contributed by atoms with Crippen LogP contribution in [0.25, 0.3) is 0 Å². The second-order valence-corrected chi connectivity index (χ2v) is 4.07. The Morgan fingerprint density at radius 2 is 2.00 bits per heavy atom. The molecule has 8 heavy (non-hydrogen) atoms. The Balaban J connectivity index is 3.56. The van der Waals surface area contributed by atoms with Crippen molar-refractivity contribution in [3.05, 3.63) is 30.5 Å². The summed E-state index contributed by atoms with van der Waals surface area (Å²) in [6.45, 7) is 0. The van der Waals surface area contributed by atoms with E-state index in [1.54, 1.807) is 0 Å². The molecule has 0 bridgehead atoms. The van der Waals surface area contributed by atoms with Crippen molar-refractivity contribution in [2.45, 2.75) is 0 Å². The van der Waals surface area contributed by atoms with E-state index in [1.165, 1.54) is 2.78 Å². The van der Waals surface area contributed by atoms with E-state index in [1.807, 2.05) is 0 Å². The fourth-order valence-corrected chi connectivity index (χ4v) is 1.57. The van der Waals surface area contributed by atoms with Crippen molar-refractivity contribution in [1.82, 2.24) is 0 Å². The molecule has 1 aromatic heterocycles. The Morgan fingerprint density at radius 1 is 1.38 bits per heavy atom. The molecule has 0 aliphatic rings. The summed E-state index contributed by atoms with van der Waals surface area (Å²) >= 11 is 2.41. The van der Waals surface area contributed by atoms with Crippen molar-refractivity contribution in [2.75, 3.05) is 0 Å². The molecule has 0 atom stereocenters. The van der Waals surface area contributed by atoms with Gasteiger partial charge in [0.05, 0.1) is 0 Å². The normalized spacial score (nSPS) is 18.4. The van der Waals surface area contributed by atoms with Crippen LogP contribution in [0.3, 0.4) is 0 Å². The van der Waals surface area contributed by atoms with Gasteiger partial charge in [-0.1, -0.05) is 0 Å². The monoisotopic (exact) mass is 290 g/mol. The molecule has 0 unspecified atom stereocenters. The molecule has 44 valence electrons. The van der Waals surface area contributed by atoms with E-state index in [4.69, 9.17) is 6.85 Å². The molecular weight excluding hydrogens is 281 g/mol. The van der Waals surface area contributed by atoms with Crippen LogP contribution in [0.1, 0.15) is 6.85 Å². The molecule has 1 nitrogen and oxygen atoms in total. The van der Waals surface area contributed by atoms with Gasteiger partial charge in [0.1, 0.15) is 0 Å². The molecule has 0 amide bonds. The second-order valence-electron chi connectivity index (χ2n) is 0.943.